The molecule has 1 aliphatic rings. The maximum absolute atomic E-state index is 12.9. The van der Waals surface area contributed by atoms with Gasteiger partial charge in [-0.3, -0.25) is 9.59 Å². The quantitative estimate of drug-likeness (QED) is 0.731. The third-order valence-electron chi connectivity index (χ3n) is 4.90. The number of nitrogens with one attached hydrogen (secondary N) is 1. The third kappa shape index (κ3) is 3.79. The molecule has 2 aromatic heterocycles. The molecule has 1 unspecified atom stereocenters. The summed E-state index contributed by atoms with van der Waals surface area (Å²) < 4.78 is 1.54. The predicted octanol–water partition coefficient (Wildman–Crippen LogP) is 2.52. The summed E-state index contributed by atoms with van der Waals surface area (Å²) >= 11 is 1.43. The lowest BCUT2D eigenvalue weighted by molar-refractivity contribution is -0.121. The monoisotopic (exact) mass is 396 g/mol. The van der Waals surface area contributed by atoms with E-state index in [1.165, 1.54) is 22.3 Å². The van der Waals surface area contributed by atoms with E-state index < -0.39 is 0 Å². The van der Waals surface area contributed by atoms with E-state index in [-0.39, 0.29) is 17.7 Å². The largest absolute Gasteiger partial charge is 0.337 e. The number of rotatable bonds is 4. The molecular weight excluding hydrogens is 376 g/mol. The minimum absolute atomic E-state index is 0.00404. The van der Waals surface area contributed by atoms with Gasteiger partial charge in [-0.1, -0.05) is 12.1 Å². The van der Waals surface area contributed by atoms with Crippen LogP contribution < -0.4 is 5.32 Å². The Labute approximate surface area is 166 Å². The van der Waals surface area contributed by atoms with Gasteiger partial charge < -0.3 is 10.2 Å². The fraction of sp³-hybridized carbons (Fsp3) is 0.316. The molecule has 1 aliphatic heterocycles. The molecule has 28 heavy (non-hydrogen) atoms. The van der Waals surface area contributed by atoms with Crippen molar-refractivity contribution >= 4 is 28.8 Å². The maximum atomic E-state index is 12.9. The van der Waals surface area contributed by atoms with Crippen LogP contribution in [-0.2, 0) is 4.79 Å². The summed E-state index contributed by atoms with van der Waals surface area (Å²) in [5.74, 6) is -0.293. The molecule has 0 bridgehead atoms. The molecule has 2 amide bonds. The molecule has 3 heterocycles. The summed E-state index contributed by atoms with van der Waals surface area (Å²) in [6.07, 6.45) is 3.09. The number of hydrogen-bond donors (Lipinski definition) is 1. The Morgan fingerprint density at radius 1 is 1.29 bits per heavy atom. The fourth-order valence-corrected chi connectivity index (χ4v) is 4.02. The van der Waals surface area contributed by atoms with Gasteiger partial charge >= 0.3 is 0 Å². The number of aromatic nitrogens is 4. The standard InChI is InChI=1S/C19H20N6O2S/c1-13-6-7-15(25-12-20-22-23-25)10-16(13)21-18(26)14-4-2-8-24(11-14)19(27)17-5-3-9-28-17/h3,5-7,9-10,12,14H,2,4,8,11H2,1H3,(H,21,26). The van der Waals surface area contributed by atoms with Crippen LogP contribution in [-0.4, -0.2) is 50.0 Å². The van der Waals surface area contributed by atoms with Gasteiger partial charge in [-0.2, -0.15) is 0 Å². The molecule has 144 valence electrons. The second kappa shape index (κ2) is 7.89. The molecule has 0 saturated carbocycles. The van der Waals surface area contributed by atoms with Crippen molar-refractivity contribution in [1.29, 1.82) is 0 Å². The number of amides is 2. The molecule has 0 spiro atoms. The van der Waals surface area contributed by atoms with Crippen molar-refractivity contribution in [2.24, 2.45) is 5.92 Å². The van der Waals surface area contributed by atoms with Gasteiger partial charge in [0.05, 0.1) is 16.5 Å². The Hall–Kier alpha value is -3.07. The predicted molar refractivity (Wildman–Crippen MR) is 105 cm³/mol. The van der Waals surface area contributed by atoms with Crippen molar-refractivity contribution in [3.8, 4) is 5.69 Å². The van der Waals surface area contributed by atoms with Crippen LogP contribution in [0.3, 0.4) is 0 Å². The van der Waals surface area contributed by atoms with Crippen LogP contribution in [0.4, 0.5) is 5.69 Å². The second-order valence-electron chi connectivity index (χ2n) is 6.81. The summed E-state index contributed by atoms with van der Waals surface area (Å²) in [4.78, 5) is 28.0. The average molecular weight is 396 g/mol. The van der Waals surface area contributed by atoms with E-state index in [9.17, 15) is 9.59 Å². The Morgan fingerprint density at radius 2 is 2.18 bits per heavy atom. The van der Waals surface area contributed by atoms with E-state index in [0.29, 0.717) is 18.0 Å². The van der Waals surface area contributed by atoms with Crippen molar-refractivity contribution in [2.45, 2.75) is 19.8 Å². The molecule has 8 nitrogen and oxygen atoms in total. The number of hydrogen-bond acceptors (Lipinski definition) is 6. The minimum atomic E-state index is -0.228. The van der Waals surface area contributed by atoms with Crippen molar-refractivity contribution in [3.05, 3.63) is 52.5 Å². The van der Waals surface area contributed by atoms with Gasteiger partial charge in [0.25, 0.3) is 5.91 Å². The SMILES string of the molecule is Cc1ccc(-n2cnnn2)cc1NC(=O)C1CCCN(C(=O)c2cccs2)C1. The number of piperidine rings is 1. The second-order valence-corrected chi connectivity index (χ2v) is 7.76. The molecule has 1 atom stereocenters. The lowest BCUT2D eigenvalue weighted by Crippen LogP contribution is -2.43. The van der Waals surface area contributed by atoms with E-state index in [1.807, 2.05) is 42.6 Å². The lowest BCUT2D eigenvalue weighted by atomic mass is 9.96. The van der Waals surface area contributed by atoms with Crippen molar-refractivity contribution < 1.29 is 9.59 Å². The summed E-state index contributed by atoms with van der Waals surface area (Å²) in [5, 5.41) is 16.1. The molecule has 1 N–H and O–H groups in total. The number of tetrazole rings is 1. The van der Waals surface area contributed by atoms with Gasteiger partial charge in [-0.15, -0.1) is 16.4 Å². The Bertz CT molecular complexity index is 970. The molecule has 0 radical (unpaired) electrons. The Balaban J connectivity index is 1.46. The highest BCUT2D eigenvalue weighted by molar-refractivity contribution is 7.12. The average Bonchev–Trinajstić information content (AvgIpc) is 3.43. The zero-order valence-corrected chi connectivity index (χ0v) is 16.2. The van der Waals surface area contributed by atoms with Gasteiger partial charge in [0.2, 0.25) is 5.91 Å². The fourth-order valence-electron chi connectivity index (χ4n) is 3.33. The third-order valence-corrected chi connectivity index (χ3v) is 5.76. The highest BCUT2D eigenvalue weighted by Crippen LogP contribution is 2.24. The van der Waals surface area contributed by atoms with Crippen LogP contribution in [0.25, 0.3) is 5.69 Å². The number of likely N-dealkylation sites (tertiary alicyclic amines) is 1. The molecule has 1 fully saturated rings. The van der Waals surface area contributed by atoms with Crippen LogP contribution in [0, 0.1) is 12.8 Å². The first-order chi connectivity index (χ1) is 13.6. The van der Waals surface area contributed by atoms with Crippen LogP contribution in [0.15, 0.2) is 42.0 Å². The first-order valence-corrected chi connectivity index (χ1v) is 9.97. The van der Waals surface area contributed by atoms with Crippen LogP contribution >= 0.6 is 11.3 Å². The molecule has 4 rings (SSSR count). The zero-order chi connectivity index (χ0) is 19.5. The minimum Gasteiger partial charge on any atom is -0.337 e. The summed E-state index contributed by atoms with van der Waals surface area (Å²) in [6.45, 7) is 3.06. The van der Waals surface area contributed by atoms with Gasteiger partial charge in [0, 0.05) is 18.8 Å². The summed E-state index contributed by atoms with van der Waals surface area (Å²) in [7, 11) is 0. The molecule has 9 heteroatoms. The number of thiophene rings is 1. The van der Waals surface area contributed by atoms with Gasteiger partial charge in [-0.05, 0) is 59.3 Å². The van der Waals surface area contributed by atoms with E-state index in [2.05, 4.69) is 20.8 Å². The number of benzene rings is 1. The highest BCUT2D eigenvalue weighted by atomic mass is 32.1. The van der Waals surface area contributed by atoms with E-state index in [4.69, 9.17) is 0 Å². The van der Waals surface area contributed by atoms with Gasteiger partial charge in [0.15, 0.2) is 0 Å². The normalized spacial score (nSPS) is 16.8. The summed E-state index contributed by atoms with van der Waals surface area (Å²) in [5.41, 5.74) is 2.44. The van der Waals surface area contributed by atoms with E-state index in [0.717, 1.165) is 29.8 Å². The van der Waals surface area contributed by atoms with Crippen LogP contribution in [0.2, 0.25) is 0 Å². The Morgan fingerprint density at radius 3 is 2.93 bits per heavy atom. The van der Waals surface area contributed by atoms with Gasteiger partial charge in [0.1, 0.15) is 6.33 Å². The number of carbonyl (C=O) groups is 2. The lowest BCUT2D eigenvalue weighted by Gasteiger charge is -2.32. The summed E-state index contributed by atoms with van der Waals surface area (Å²) in [6, 6.07) is 9.35. The Kier molecular flexibility index (Phi) is 5.16. The van der Waals surface area contributed by atoms with E-state index in [1.54, 1.807) is 4.90 Å². The molecule has 1 saturated heterocycles. The zero-order valence-electron chi connectivity index (χ0n) is 15.4. The van der Waals surface area contributed by atoms with E-state index >= 15 is 0 Å². The van der Waals surface area contributed by atoms with Crippen molar-refractivity contribution in [3.63, 3.8) is 0 Å². The first kappa shape index (κ1) is 18.3. The molecule has 3 aromatic rings. The van der Waals surface area contributed by atoms with Crippen LogP contribution in [0.1, 0.15) is 28.1 Å². The topological polar surface area (TPSA) is 93.0 Å². The molecule has 1 aromatic carbocycles. The molecule has 0 aliphatic carbocycles. The highest BCUT2D eigenvalue weighted by Gasteiger charge is 2.29. The van der Waals surface area contributed by atoms with Crippen molar-refractivity contribution in [1.82, 2.24) is 25.1 Å². The van der Waals surface area contributed by atoms with Gasteiger partial charge in [-0.25, -0.2) is 4.68 Å². The van der Waals surface area contributed by atoms with Crippen LogP contribution in [0.5, 0.6) is 0 Å². The number of anilines is 1. The maximum Gasteiger partial charge on any atom is 0.263 e. The first-order valence-electron chi connectivity index (χ1n) is 9.09. The number of carbonyl (C=O) groups excluding carboxylic acids is 2. The number of nitrogens with zero attached hydrogens (tertiary/aromatic N) is 5. The smallest absolute Gasteiger partial charge is 0.263 e. The molecular formula is C19H20N6O2S. The number of aryl methyl sites for hydroxylation is 1. The van der Waals surface area contributed by atoms with Crippen molar-refractivity contribution in [2.75, 3.05) is 18.4 Å².